The summed E-state index contributed by atoms with van der Waals surface area (Å²) in [6.07, 6.45) is 13.8. The molecule has 7 nitrogen and oxygen atoms in total. The number of carboxylic acid groups (broad SMARTS) is 1. The number of aliphatic carboxylic acids is 1. The van der Waals surface area contributed by atoms with Gasteiger partial charge in [-0.2, -0.15) is 0 Å². The second kappa shape index (κ2) is 13.8. The van der Waals surface area contributed by atoms with Crippen LogP contribution < -0.4 is 5.32 Å². The van der Waals surface area contributed by atoms with Crippen molar-refractivity contribution in [2.75, 3.05) is 7.05 Å². The highest BCUT2D eigenvalue weighted by atomic mass is 16.5. The number of carbonyl (C=O) groups is 3. The predicted octanol–water partition coefficient (Wildman–Crippen LogP) is 9.06. The first-order valence-corrected chi connectivity index (χ1v) is 19.4. The van der Waals surface area contributed by atoms with Crippen LogP contribution in [0.3, 0.4) is 0 Å². The van der Waals surface area contributed by atoms with Crippen LogP contribution >= 0.6 is 0 Å². The van der Waals surface area contributed by atoms with E-state index in [0.29, 0.717) is 29.6 Å². The molecular weight excluding hydrogens is 624 g/mol. The topological polar surface area (TPSA) is 106 Å². The van der Waals surface area contributed by atoms with Gasteiger partial charge in [-0.3, -0.25) is 14.6 Å². The van der Waals surface area contributed by atoms with E-state index in [0.717, 1.165) is 57.2 Å². The van der Waals surface area contributed by atoms with Gasteiger partial charge in [0.1, 0.15) is 12.4 Å². The van der Waals surface area contributed by atoms with Crippen LogP contribution in [0.4, 0.5) is 0 Å². The summed E-state index contributed by atoms with van der Waals surface area (Å²) in [5, 5.41) is 12.5. The van der Waals surface area contributed by atoms with Crippen molar-refractivity contribution in [3.8, 4) is 0 Å². The van der Waals surface area contributed by atoms with Gasteiger partial charge in [-0.05, 0) is 150 Å². The first-order chi connectivity index (χ1) is 23.3. The quantitative estimate of drug-likeness (QED) is 0.159. The van der Waals surface area contributed by atoms with E-state index in [2.05, 4.69) is 58.4 Å². The molecule has 7 heteroatoms. The van der Waals surface area contributed by atoms with Gasteiger partial charge in [0, 0.05) is 23.6 Å². The maximum Gasteiger partial charge on any atom is 0.309 e. The number of hydrogen-bond donors (Lipinski definition) is 2. The molecule has 1 heterocycles. The maximum atomic E-state index is 12.9. The molecule has 278 valence electrons. The van der Waals surface area contributed by atoms with Gasteiger partial charge < -0.3 is 20.0 Å². The van der Waals surface area contributed by atoms with E-state index in [4.69, 9.17) is 4.74 Å². The molecule has 0 radical (unpaired) electrons. The minimum absolute atomic E-state index is 0.105. The summed E-state index contributed by atoms with van der Waals surface area (Å²) >= 11 is 0. The van der Waals surface area contributed by atoms with Gasteiger partial charge in [0.25, 0.3) is 0 Å². The van der Waals surface area contributed by atoms with Gasteiger partial charge in [-0.1, -0.05) is 52.8 Å². The van der Waals surface area contributed by atoms with Gasteiger partial charge in [0.05, 0.1) is 17.5 Å². The monoisotopic (exact) mass is 690 g/mol. The van der Waals surface area contributed by atoms with Gasteiger partial charge >= 0.3 is 11.9 Å². The minimum atomic E-state index is -1.13. The molecule has 0 spiro atoms. The molecule has 5 aliphatic carbocycles. The number of carbonyl (C=O) groups excluding carboxylic acids is 2. The lowest BCUT2D eigenvalue weighted by Crippen LogP contribution is -2.67. The van der Waals surface area contributed by atoms with Crippen molar-refractivity contribution in [2.24, 2.45) is 62.1 Å². The molecule has 5 saturated carbocycles. The molecule has 0 aliphatic heterocycles. The van der Waals surface area contributed by atoms with Crippen molar-refractivity contribution < 1.29 is 24.2 Å². The van der Waals surface area contributed by atoms with E-state index in [-0.39, 0.29) is 39.6 Å². The van der Waals surface area contributed by atoms with Crippen LogP contribution in [-0.2, 0) is 25.7 Å². The molecule has 8 unspecified atom stereocenters. The molecule has 10 atom stereocenters. The molecule has 2 N–H and O–H groups in total. The van der Waals surface area contributed by atoms with Crippen molar-refractivity contribution in [1.29, 1.82) is 0 Å². The third-order valence-corrected chi connectivity index (χ3v) is 15.8. The van der Waals surface area contributed by atoms with Crippen molar-refractivity contribution in [3.63, 3.8) is 0 Å². The summed E-state index contributed by atoms with van der Waals surface area (Å²) in [6, 6.07) is 5.90. The van der Waals surface area contributed by atoms with E-state index in [9.17, 15) is 19.5 Å². The van der Waals surface area contributed by atoms with Crippen molar-refractivity contribution >= 4 is 18.2 Å². The highest BCUT2D eigenvalue weighted by Crippen LogP contribution is 2.77. The summed E-state index contributed by atoms with van der Waals surface area (Å²) in [7, 11) is 1.91. The molecule has 5 aliphatic rings. The maximum absolute atomic E-state index is 12.9. The number of allylic oxidation sites excluding steroid dienone is 1. The number of nitrogens with zero attached hydrogens (tertiary/aromatic N) is 1. The number of aromatic nitrogens is 1. The van der Waals surface area contributed by atoms with Gasteiger partial charge in [0.15, 0.2) is 0 Å². The Morgan fingerprint density at radius 1 is 0.980 bits per heavy atom. The minimum Gasteiger partial charge on any atom is -0.481 e. The lowest BCUT2D eigenvalue weighted by Gasteiger charge is -2.72. The molecule has 5 fully saturated rings. The normalized spacial score (nSPS) is 40.0. The Labute approximate surface area is 302 Å². The second-order valence-corrected chi connectivity index (χ2v) is 19.1. The molecule has 50 heavy (non-hydrogen) atoms. The number of carboxylic acids is 1. The standard InChI is InChI=1S/C36H56O5.C7H10N2/c1-22(2)23-12-17-36(21-37)19-18-34(8)24(29(23)36)10-11-26-33(7)15-14-27(41-28(38)20-31(3,4)30(39)40)32(5,6)25(33)13-16-35(26,34)9;1-8-6-7-4-2-3-5-9-7/h21,23-27,29H,1,10-20H2,2-9H3,(H,39,40);2-5,8H,6H2,1H3/t23-,24?,25?,26?,27?,29?,33?,34+,35?,36?;/m0./s1. The second-order valence-electron chi connectivity index (χ2n) is 19.1. The van der Waals surface area contributed by atoms with Gasteiger partial charge in [-0.25, -0.2) is 0 Å². The Hall–Kier alpha value is -2.54. The fourth-order valence-electron chi connectivity index (χ4n) is 12.9. The first kappa shape index (κ1) is 38.7. The smallest absolute Gasteiger partial charge is 0.309 e. The molecule has 0 aromatic carbocycles. The van der Waals surface area contributed by atoms with E-state index < -0.39 is 17.4 Å². The Morgan fingerprint density at radius 3 is 2.30 bits per heavy atom. The summed E-state index contributed by atoms with van der Waals surface area (Å²) in [4.78, 5) is 41.4. The number of nitrogens with one attached hydrogen (secondary N) is 1. The third kappa shape index (κ3) is 6.30. The fraction of sp³-hybridized carbons (Fsp3) is 0.767. The molecule has 1 aromatic heterocycles. The Balaban J connectivity index is 0.000000470. The summed E-state index contributed by atoms with van der Waals surface area (Å²) in [6.45, 7) is 23.0. The van der Waals surface area contributed by atoms with E-state index in [1.807, 2.05) is 25.2 Å². The van der Waals surface area contributed by atoms with Crippen LogP contribution in [-0.4, -0.2) is 41.5 Å². The molecule has 6 rings (SSSR count). The molecule has 0 amide bonds. The van der Waals surface area contributed by atoms with Crippen molar-refractivity contribution in [2.45, 2.75) is 139 Å². The van der Waals surface area contributed by atoms with Crippen LogP contribution in [0.25, 0.3) is 0 Å². The summed E-state index contributed by atoms with van der Waals surface area (Å²) in [5.41, 5.74) is 1.47. The Morgan fingerprint density at radius 2 is 1.70 bits per heavy atom. The van der Waals surface area contributed by atoms with Crippen LogP contribution in [0.1, 0.15) is 132 Å². The summed E-state index contributed by atoms with van der Waals surface area (Å²) < 4.78 is 6.11. The van der Waals surface area contributed by atoms with Gasteiger partial charge in [0.2, 0.25) is 0 Å². The largest absolute Gasteiger partial charge is 0.481 e. The zero-order valence-corrected chi connectivity index (χ0v) is 32.6. The van der Waals surface area contributed by atoms with Crippen molar-refractivity contribution in [3.05, 3.63) is 42.2 Å². The van der Waals surface area contributed by atoms with Crippen LogP contribution in [0, 0.1) is 62.1 Å². The Kier molecular flexibility index (Phi) is 10.7. The van der Waals surface area contributed by atoms with Crippen molar-refractivity contribution in [1.82, 2.24) is 10.3 Å². The van der Waals surface area contributed by atoms with Gasteiger partial charge in [-0.15, -0.1) is 0 Å². The Bertz CT molecular complexity index is 1440. The van der Waals surface area contributed by atoms with Crippen LogP contribution in [0.5, 0.6) is 0 Å². The number of ether oxygens (including phenoxy) is 1. The predicted molar refractivity (Wildman–Crippen MR) is 198 cm³/mol. The average Bonchev–Trinajstić information content (AvgIpc) is 3.44. The lowest BCUT2D eigenvalue weighted by molar-refractivity contribution is -0.248. The number of esters is 1. The highest BCUT2D eigenvalue weighted by molar-refractivity contribution is 5.81. The zero-order chi connectivity index (χ0) is 36.9. The number of hydrogen-bond acceptors (Lipinski definition) is 6. The van der Waals surface area contributed by atoms with E-state index in [1.165, 1.54) is 31.1 Å². The molecular formula is C43H66N2O5. The SMILES string of the molecule is C=C(C)[C@@H]1CCC2(C=O)CC[C@]3(C)C(CCC4C5(C)CCC(OC(=O)CC(C)(C)C(=O)O)C(C)(C)C5CCC43C)C12.CNCc1ccccn1. The highest BCUT2D eigenvalue weighted by Gasteiger charge is 2.71. The van der Waals surface area contributed by atoms with E-state index >= 15 is 0 Å². The first-order valence-electron chi connectivity index (χ1n) is 19.4. The number of rotatable bonds is 8. The molecule has 0 bridgehead atoms. The number of aldehydes is 1. The molecule has 1 aromatic rings. The fourth-order valence-corrected chi connectivity index (χ4v) is 12.9. The lowest BCUT2D eigenvalue weighted by atomic mass is 9.32. The zero-order valence-electron chi connectivity index (χ0n) is 32.6. The van der Waals surface area contributed by atoms with Crippen LogP contribution in [0.2, 0.25) is 0 Å². The molecule has 0 saturated heterocycles. The average molecular weight is 691 g/mol. The van der Waals surface area contributed by atoms with Crippen LogP contribution in [0.15, 0.2) is 36.5 Å². The number of fused-ring (bicyclic) bond motifs is 7. The number of pyridine rings is 1. The van der Waals surface area contributed by atoms with E-state index in [1.54, 1.807) is 20.0 Å². The third-order valence-electron chi connectivity index (χ3n) is 15.8. The summed E-state index contributed by atoms with van der Waals surface area (Å²) in [5.74, 6) is 1.14.